The van der Waals surface area contributed by atoms with Crippen LogP contribution >= 0.6 is 0 Å². The average molecular weight is 1460 g/mol. The zero-order valence-corrected chi connectivity index (χ0v) is 62.0. The maximum atomic E-state index is 14.8. The maximum Gasteiger partial charge on any atom is 0.335 e. The number of nitrogens with zero attached hydrogens (tertiary/aromatic N) is 4. The van der Waals surface area contributed by atoms with Crippen molar-refractivity contribution in [2.45, 2.75) is 166 Å². The molecule has 22 heteroatoms. The zero-order valence-electron chi connectivity index (χ0n) is 62.0. The molecule has 19 nitrogen and oxygen atoms in total. The predicted molar refractivity (Wildman–Crippen MR) is 392 cm³/mol. The minimum absolute atomic E-state index is 0.0128. The molecule has 6 aromatic carbocycles. The Morgan fingerprint density at radius 1 is 0.467 bits per heavy atom. The van der Waals surface area contributed by atoms with E-state index in [9.17, 15) is 52.0 Å². The third kappa shape index (κ3) is 16.9. The van der Waals surface area contributed by atoms with Crippen LogP contribution in [0.2, 0.25) is 0 Å². The van der Waals surface area contributed by atoms with Gasteiger partial charge in [0.2, 0.25) is 23.6 Å². The summed E-state index contributed by atoms with van der Waals surface area (Å²) in [7, 11) is 0. The summed E-state index contributed by atoms with van der Waals surface area (Å²) in [6.45, 7) is 19.1. The molecule has 5 aliphatic heterocycles. The van der Waals surface area contributed by atoms with Crippen molar-refractivity contribution in [2.24, 2.45) is 53.1 Å². The van der Waals surface area contributed by atoms with E-state index in [1.54, 1.807) is 116 Å². The standard InChI is InChI=1S/C28H32FN3O4.C28H30FN3O3.C18H22FNO2.C11H11NO2/c1-15-7-8-20(21(29)9-15)24(18-13-36-14-18)31-25(33)23-12-17-11-22(17)32(23)26(34)16-5-4-6-19(10-16)28(2,3)27(30)35;1-16-7-8-21(22(29)9-16)25(19-13-35-14-19)31-26(33)24-12-18-11-23(18)32(24)27(34)17-5-4-6-20(10-17)28(2,3)15-30;1-10-2-3-15(16(19)4-10)17(14-8-22-9-14)20-18(21)13-6-11-5-12(11)7-13;1-11(2,7-12)9-5-3-4-8(6-9)10(13)14/h4-10,17-18,22-24H,11-14H2,1-3H3,(H2,30,35)(H,31,33);4-10,18-19,23-25H,11-14H2,1-3H3,(H,31,33);2-4,11-14,17H,5-9H2,1H3,(H,20,21);3-6H,1-2H3,(H,13,14)/t17-,22-,23-,24-;18-,23-,24-,25-;11-,12+,13?,17-;/m111./s1. The highest BCUT2D eigenvalue weighted by Crippen LogP contribution is 2.55. The summed E-state index contributed by atoms with van der Waals surface area (Å²) in [5, 5.41) is 36.4. The molecule has 4 aliphatic carbocycles. The van der Waals surface area contributed by atoms with E-state index in [-0.39, 0.29) is 100 Å². The van der Waals surface area contributed by atoms with Crippen LogP contribution in [0, 0.1) is 108 Å². The molecule has 0 bridgehead atoms. The molecule has 6 amide bonds. The summed E-state index contributed by atoms with van der Waals surface area (Å²) in [4.78, 5) is 92.9. The van der Waals surface area contributed by atoms with Gasteiger partial charge in [-0.2, -0.15) is 10.5 Å². The van der Waals surface area contributed by atoms with Crippen molar-refractivity contribution in [3.8, 4) is 12.1 Å². The van der Waals surface area contributed by atoms with Crippen LogP contribution in [0.4, 0.5) is 13.2 Å². The number of carboxylic acid groups (broad SMARTS) is 1. The number of nitrogens with two attached hydrogens (primary N) is 1. The van der Waals surface area contributed by atoms with Gasteiger partial charge >= 0.3 is 5.97 Å². The van der Waals surface area contributed by atoms with Crippen LogP contribution in [0.3, 0.4) is 0 Å². The highest BCUT2D eigenvalue weighted by molar-refractivity contribution is 6.00. The van der Waals surface area contributed by atoms with Gasteiger partial charge in [-0.1, -0.05) is 72.8 Å². The van der Waals surface area contributed by atoms with Gasteiger partial charge in [-0.05, 0) is 219 Å². The Bertz CT molecular complexity index is 4510. The number of piperidine rings is 2. The smallest absolute Gasteiger partial charge is 0.335 e. The van der Waals surface area contributed by atoms with Crippen LogP contribution in [0.25, 0.3) is 0 Å². The Balaban J connectivity index is 0.000000141. The van der Waals surface area contributed by atoms with E-state index < -0.39 is 52.3 Å². The quantitative estimate of drug-likeness (QED) is 0.0505. The normalized spacial score (nSPS) is 23.8. The van der Waals surface area contributed by atoms with Gasteiger partial charge < -0.3 is 50.8 Å². The minimum atomic E-state index is -0.972. The Morgan fingerprint density at radius 2 is 0.813 bits per heavy atom. The monoisotopic (exact) mass is 1460 g/mol. The SMILES string of the molecule is CC(C)(C#N)c1cccc(C(=O)O)c1.Cc1ccc([C@H](NC(=O)C2C[C@@H]3C[C@@H]3C2)C2COC2)c(F)c1.Cc1ccc([C@H](NC(=O)[C@H]2C[C@H]3C[C@H]3N2C(=O)c2cccc(C(C)(C)C#N)c2)C2COC2)c(F)c1.Cc1ccc([C@H](NC(=O)[C@H]2C[C@H]3C[C@H]3N2C(=O)c2cccc(C(C)(C)C(N)=O)c2)C2COC2)c(F)c1. The molecule has 6 N–H and O–H groups in total. The Kier molecular flexibility index (Phi) is 22.4. The first-order valence-electron chi connectivity index (χ1n) is 37.1. The fourth-order valence-corrected chi connectivity index (χ4v) is 15.7. The van der Waals surface area contributed by atoms with Gasteiger partial charge in [0.1, 0.15) is 29.5 Å². The van der Waals surface area contributed by atoms with Crippen molar-refractivity contribution in [1.82, 2.24) is 25.8 Å². The van der Waals surface area contributed by atoms with E-state index in [0.29, 0.717) is 91.8 Å². The van der Waals surface area contributed by atoms with Gasteiger partial charge in [-0.3, -0.25) is 28.8 Å². The lowest BCUT2D eigenvalue weighted by Crippen LogP contribution is -2.51. The number of fused-ring (bicyclic) bond motifs is 3. The highest BCUT2D eigenvalue weighted by Gasteiger charge is 2.58. The summed E-state index contributed by atoms with van der Waals surface area (Å²) < 4.78 is 59.9. The maximum absolute atomic E-state index is 14.8. The number of ether oxygens (including phenoxy) is 3. The molecule has 1 unspecified atom stereocenters. The van der Waals surface area contributed by atoms with Crippen molar-refractivity contribution in [1.29, 1.82) is 10.5 Å². The van der Waals surface area contributed by atoms with E-state index in [1.165, 1.54) is 30.7 Å². The Labute approximate surface area is 623 Å². The molecule has 15 rings (SSSR count). The largest absolute Gasteiger partial charge is 0.478 e. The summed E-state index contributed by atoms with van der Waals surface area (Å²) in [5.41, 5.74) is 10.5. The van der Waals surface area contributed by atoms with Crippen molar-refractivity contribution >= 4 is 41.4 Å². The van der Waals surface area contributed by atoms with Crippen molar-refractivity contribution < 1.29 is 66.1 Å². The Hall–Kier alpha value is -9.74. The van der Waals surface area contributed by atoms with Crippen LogP contribution in [0.5, 0.6) is 0 Å². The molecular weight excluding hydrogens is 1370 g/mol. The number of carboxylic acids is 1. The van der Waals surface area contributed by atoms with Crippen molar-refractivity contribution in [3.05, 3.63) is 212 Å². The molecular formula is C85H95F3N8O11. The number of carbonyl (C=O) groups is 7. The lowest BCUT2D eigenvalue weighted by Gasteiger charge is -2.36. The van der Waals surface area contributed by atoms with Gasteiger partial charge in [-0.15, -0.1) is 0 Å². The molecule has 9 fully saturated rings. The van der Waals surface area contributed by atoms with Crippen LogP contribution in [0.1, 0.15) is 186 Å². The molecule has 5 heterocycles. The molecule has 4 saturated carbocycles. The highest BCUT2D eigenvalue weighted by atomic mass is 19.1. The van der Waals surface area contributed by atoms with Gasteiger partial charge in [0, 0.05) is 63.6 Å². The minimum Gasteiger partial charge on any atom is -0.478 e. The topological polar surface area (TPSA) is 284 Å². The van der Waals surface area contributed by atoms with E-state index in [1.807, 2.05) is 58.9 Å². The van der Waals surface area contributed by atoms with E-state index in [2.05, 4.69) is 28.1 Å². The third-order valence-corrected chi connectivity index (χ3v) is 23.3. The number of aryl methyl sites for hydroxylation is 3. The first-order valence-corrected chi connectivity index (χ1v) is 37.1. The van der Waals surface area contributed by atoms with E-state index in [0.717, 1.165) is 65.3 Å². The number of amides is 6. The number of carbonyl (C=O) groups excluding carboxylic acids is 6. The first kappa shape index (κ1) is 76.9. The van der Waals surface area contributed by atoms with Gasteiger partial charge in [-0.25, -0.2) is 18.0 Å². The van der Waals surface area contributed by atoms with Crippen LogP contribution < -0.4 is 21.7 Å². The zero-order chi connectivity index (χ0) is 76.7. The number of hydrogen-bond donors (Lipinski definition) is 5. The molecule has 0 spiro atoms. The van der Waals surface area contributed by atoms with E-state index in [4.69, 9.17) is 30.3 Å². The second-order valence-electron chi connectivity index (χ2n) is 32.4. The summed E-state index contributed by atoms with van der Waals surface area (Å²) in [6, 6.07) is 37.7. The number of primary amides is 1. The van der Waals surface area contributed by atoms with Gasteiger partial charge in [0.15, 0.2) is 0 Å². The average Bonchev–Trinajstić information content (AvgIpc) is 1.58. The predicted octanol–water partition coefficient (Wildman–Crippen LogP) is 12.2. The molecule has 0 radical (unpaired) electrons. The van der Waals surface area contributed by atoms with Gasteiger partial charge in [0.05, 0.1) is 91.7 Å². The second-order valence-corrected chi connectivity index (χ2v) is 32.4. The number of hydrogen-bond acceptors (Lipinski definition) is 12. The second kappa shape index (κ2) is 31.2. The first-order chi connectivity index (χ1) is 50.8. The molecule has 107 heavy (non-hydrogen) atoms. The lowest BCUT2D eigenvalue weighted by atomic mass is 9.83. The number of rotatable bonds is 19. The van der Waals surface area contributed by atoms with Gasteiger partial charge in [0.25, 0.3) is 11.8 Å². The number of likely N-dealkylation sites (tertiary alicyclic amines) is 2. The van der Waals surface area contributed by atoms with Crippen molar-refractivity contribution in [2.75, 3.05) is 39.6 Å². The number of benzene rings is 6. The van der Waals surface area contributed by atoms with Crippen LogP contribution in [-0.2, 0) is 49.6 Å². The van der Waals surface area contributed by atoms with Crippen molar-refractivity contribution in [3.63, 3.8) is 0 Å². The molecule has 9 aliphatic rings. The summed E-state index contributed by atoms with van der Waals surface area (Å²) in [5.74, 6) is -0.845. The molecule has 5 saturated heterocycles. The van der Waals surface area contributed by atoms with Crippen LogP contribution in [-0.4, -0.2) is 120 Å². The fraction of sp³-hybridized carbons (Fsp3) is 0.471. The third-order valence-electron chi connectivity index (χ3n) is 23.3. The van der Waals surface area contributed by atoms with Crippen LogP contribution in [0.15, 0.2) is 127 Å². The number of nitriles is 2. The number of aromatic carboxylic acids is 1. The lowest BCUT2D eigenvalue weighted by molar-refractivity contribution is -0.129. The molecule has 12 atom stereocenters. The van der Waals surface area contributed by atoms with E-state index >= 15 is 0 Å². The summed E-state index contributed by atoms with van der Waals surface area (Å²) >= 11 is 0. The molecule has 0 aromatic heterocycles. The Morgan fingerprint density at radius 3 is 1.15 bits per heavy atom. The fourth-order valence-electron chi connectivity index (χ4n) is 15.7. The summed E-state index contributed by atoms with van der Waals surface area (Å²) in [6.07, 6.45) is 6.28. The number of nitrogens with one attached hydrogen (secondary N) is 3. The number of halogens is 3. The molecule has 562 valence electrons. The molecule has 6 aromatic rings.